The molecule has 2 aliphatic rings. The van der Waals surface area contributed by atoms with Crippen LogP contribution in [-0.2, 0) is 21.2 Å². The highest BCUT2D eigenvalue weighted by Gasteiger charge is 2.34. The Labute approximate surface area is 182 Å². The monoisotopic (exact) mass is 445 g/mol. The van der Waals surface area contributed by atoms with Crippen molar-refractivity contribution in [3.8, 4) is 5.75 Å². The molecule has 8 heteroatoms. The first kappa shape index (κ1) is 21.6. The Kier molecular flexibility index (Phi) is 6.20. The number of aryl methyl sites for hydroxylation is 1. The standard InChI is InChI=1S/C23H27NO6S/c1-16-6-7-18-4-2-3-5-21(18)24(16)31(27,28)19-8-9-22(20(14-19)23(25)26)30-15-17-10-12-29-13-11-17/h2-5,8-9,14,16-17H,6-7,10-13,15H2,1H3,(H,25,26)/t16-/m0/s1. The Morgan fingerprint density at radius 2 is 1.90 bits per heavy atom. The van der Waals surface area contributed by atoms with Crippen molar-refractivity contribution >= 4 is 21.7 Å². The molecule has 1 fully saturated rings. The Hall–Kier alpha value is -2.58. The average Bonchev–Trinajstić information content (AvgIpc) is 2.77. The molecule has 0 saturated carbocycles. The quantitative estimate of drug-likeness (QED) is 0.728. The van der Waals surface area contributed by atoms with Crippen LogP contribution in [0.3, 0.4) is 0 Å². The van der Waals surface area contributed by atoms with Gasteiger partial charge in [0.1, 0.15) is 11.3 Å². The molecule has 2 aromatic carbocycles. The summed E-state index contributed by atoms with van der Waals surface area (Å²) in [7, 11) is -3.93. The third kappa shape index (κ3) is 4.41. The van der Waals surface area contributed by atoms with Crippen LogP contribution in [0.25, 0.3) is 0 Å². The van der Waals surface area contributed by atoms with Crippen molar-refractivity contribution in [2.75, 3.05) is 24.1 Å². The molecule has 31 heavy (non-hydrogen) atoms. The van der Waals surface area contributed by atoms with Crippen molar-refractivity contribution in [1.82, 2.24) is 0 Å². The summed E-state index contributed by atoms with van der Waals surface area (Å²) in [5.41, 5.74) is 1.48. The average molecular weight is 446 g/mol. The molecule has 2 aliphatic heterocycles. The van der Waals surface area contributed by atoms with Crippen LogP contribution in [0.15, 0.2) is 47.4 Å². The number of carbonyl (C=O) groups is 1. The number of ether oxygens (including phenoxy) is 2. The summed E-state index contributed by atoms with van der Waals surface area (Å²) in [5.74, 6) is -0.735. The first-order chi connectivity index (χ1) is 14.9. The number of fused-ring (bicyclic) bond motifs is 1. The zero-order chi connectivity index (χ0) is 22.0. The van der Waals surface area contributed by atoms with Gasteiger partial charge in [-0.2, -0.15) is 0 Å². The second-order valence-electron chi connectivity index (χ2n) is 8.15. The summed E-state index contributed by atoms with van der Waals surface area (Å²) in [6, 6.07) is 11.3. The Morgan fingerprint density at radius 1 is 1.16 bits per heavy atom. The number of anilines is 1. The van der Waals surface area contributed by atoms with Crippen molar-refractivity contribution in [2.24, 2.45) is 5.92 Å². The molecule has 1 saturated heterocycles. The molecular weight excluding hydrogens is 418 g/mol. The summed E-state index contributed by atoms with van der Waals surface area (Å²) in [6.07, 6.45) is 3.24. The molecule has 166 valence electrons. The second-order valence-corrected chi connectivity index (χ2v) is 9.96. The molecule has 0 amide bonds. The van der Waals surface area contributed by atoms with Crippen molar-refractivity contribution in [2.45, 2.75) is 43.5 Å². The van der Waals surface area contributed by atoms with Crippen LogP contribution >= 0.6 is 0 Å². The van der Waals surface area contributed by atoms with Gasteiger partial charge in [0.05, 0.1) is 17.2 Å². The fraction of sp³-hybridized carbons (Fsp3) is 0.435. The molecule has 0 unspecified atom stereocenters. The third-order valence-electron chi connectivity index (χ3n) is 6.01. The molecule has 0 bridgehead atoms. The Morgan fingerprint density at radius 3 is 2.65 bits per heavy atom. The maximum absolute atomic E-state index is 13.5. The van der Waals surface area contributed by atoms with E-state index in [0.717, 1.165) is 24.8 Å². The van der Waals surface area contributed by atoms with Crippen LogP contribution in [0.5, 0.6) is 5.75 Å². The topological polar surface area (TPSA) is 93.1 Å². The minimum absolute atomic E-state index is 0.0492. The van der Waals surface area contributed by atoms with Crippen LogP contribution in [0.4, 0.5) is 5.69 Å². The number of hydrogen-bond acceptors (Lipinski definition) is 5. The summed E-state index contributed by atoms with van der Waals surface area (Å²) < 4.78 is 39.6. The van der Waals surface area contributed by atoms with Gasteiger partial charge in [-0.1, -0.05) is 18.2 Å². The largest absolute Gasteiger partial charge is 0.492 e. The summed E-state index contributed by atoms with van der Waals surface area (Å²) in [4.78, 5) is 11.8. The molecule has 0 aromatic heterocycles. The van der Waals surface area contributed by atoms with Gasteiger partial charge in [-0.3, -0.25) is 4.31 Å². The maximum Gasteiger partial charge on any atom is 0.339 e. The van der Waals surface area contributed by atoms with Crippen molar-refractivity contribution in [3.05, 3.63) is 53.6 Å². The van der Waals surface area contributed by atoms with Crippen LogP contribution in [0, 0.1) is 5.92 Å². The van der Waals surface area contributed by atoms with Crippen LogP contribution in [0.2, 0.25) is 0 Å². The van der Waals surface area contributed by atoms with Gasteiger partial charge >= 0.3 is 5.97 Å². The smallest absolute Gasteiger partial charge is 0.339 e. The van der Waals surface area contributed by atoms with Crippen molar-refractivity contribution < 1.29 is 27.8 Å². The van der Waals surface area contributed by atoms with E-state index in [4.69, 9.17) is 9.47 Å². The SMILES string of the molecule is C[C@H]1CCc2ccccc2N1S(=O)(=O)c1ccc(OCC2CCOCC2)c(C(=O)O)c1. The van der Waals surface area contributed by atoms with Crippen LogP contribution < -0.4 is 9.04 Å². The highest BCUT2D eigenvalue weighted by atomic mass is 32.2. The lowest BCUT2D eigenvalue weighted by molar-refractivity contribution is 0.0490. The van der Waals surface area contributed by atoms with Gasteiger partial charge < -0.3 is 14.6 Å². The predicted octanol–water partition coefficient (Wildman–Crippen LogP) is 3.72. The number of carboxylic acids is 1. The maximum atomic E-state index is 13.5. The lowest BCUT2D eigenvalue weighted by Gasteiger charge is -2.36. The zero-order valence-electron chi connectivity index (χ0n) is 17.5. The van der Waals surface area contributed by atoms with Gasteiger partial charge in [0.2, 0.25) is 0 Å². The highest BCUT2D eigenvalue weighted by molar-refractivity contribution is 7.92. The minimum atomic E-state index is -3.93. The van der Waals surface area contributed by atoms with Gasteiger partial charge in [0.25, 0.3) is 10.0 Å². The second kappa shape index (κ2) is 8.88. The third-order valence-corrected chi connectivity index (χ3v) is 7.94. The van der Waals surface area contributed by atoms with Crippen LogP contribution in [-0.4, -0.2) is 45.4 Å². The first-order valence-electron chi connectivity index (χ1n) is 10.6. The van der Waals surface area contributed by atoms with Crippen LogP contribution in [0.1, 0.15) is 42.1 Å². The number of sulfonamides is 1. The van der Waals surface area contributed by atoms with E-state index in [9.17, 15) is 18.3 Å². The molecular formula is C23H27NO6S. The highest BCUT2D eigenvalue weighted by Crippen LogP contribution is 2.36. The molecule has 1 N–H and O–H groups in total. The number of para-hydroxylation sites is 1. The number of aromatic carboxylic acids is 1. The molecule has 1 atom stereocenters. The zero-order valence-corrected chi connectivity index (χ0v) is 18.3. The van der Waals surface area contributed by atoms with E-state index in [1.807, 2.05) is 25.1 Å². The van der Waals surface area contributed by atoms with Crippen molar-refractivity contribution in [1.29, 1.82) is 0 Å². The summed E-state index contributed by atoms with van der Waals surface area (Å²) in [6.45, 7) is 3.60. The molecule has 0 radical (unpaired) electrons. The van der Waals surface area contributed by atoms with Gasteiger partial charge in [0.15, 0.2) is 0 Å². The summed E-state index contributed by atoms with van der Waals surface area (Å²) >= 11 is 0. The first-order valence-corrected chi connectivity index (χ1v) is 12.0. The predicted molar refractivity (Wildman–Crippen MR) is 116 cm³/mol. The fourth-order valence-corrected chi connectivity index (χ4v) is 5.97. The Bertz CT molecular complexity index is 1060. The van der Waals surface area contributed by atoms with E-state index < -0.39 is 16.0 Å². The lowest BCUT2D eigenvalue weighted by Crippen LogP contribution is -2.42. The van der Waals surface area contributed by atoms with E-state index in [2.05, 4.69) is 0 Å². The minimum Gasteiger partial charge on any atom is -0.492 e. The number of carboxylic acid groups (broad SMARTS) is 1. The fourth-order valence-electron chi connectivity index (χ4n) is 4.22. The van der Waals surface area contributed by atoms with Gasteiger partial charge in [0, 0.05) is 19.3 Å². The molecule has 7 nitrogen and oxygen atoms in total. The number of hydrogen-bond donors (Lipinski definition) is 1. The number of rotatable bonds is 6. The normalized spacial score (nSPS) is 19.6. The molecule has 0 aliphatic carbocycles. The van der Waals surface area contributed by atoms with E-state index >= 15 is 0 Å². The molecule has 4 rings (SSSR count). The summed E-state index contributed by atoms with van der Waals surface area (Å²) in [5, 5.41) is 9.70. The van der Waals surface area contributed by atoms with Gasteiger partial charge in [-0.25, -0.2) is 13.2 Å². The van der Waals surface area contributed by atoms with E-state index in [0.29, 0.717) is 37.8 Å². The molecule has 2 heterocycles. The van der Waals surface area contributed by atoms with Gasteiger partial charge in [-0.05, 0) is 68.4 Å². The lowest BCUT2D eigenvalue weighted by atomic mass is 9.99. The van der Waals surface area contributed by atoms with E-state index in [1.54, 1.807) is 6.07 Å². The number of nitrogens with zero attached hydrogens (tertiary/aromatic N) is 1. The number of benzene rings is 2. The van der Waals surface area contributed by atoms with Gasteiger partial charge in [-0.15, -0.1) is 0 Å². The van der Waals surface area contributed by atoms with E-state index in [1.165, 1.54) is 22.5 Å². The molecule has 2 aromatic rings. The molecule has 0 spiro atoms. The van der Waals surface area contributed by atoms with Crippen molar-refractivity contribution in [3.63, 3.8) is 0 Å². The Balaban J connectivity index is 1.64. The van der Waals surface area contributed by atoms with E-state index in [-0.39, 0.29) is 22.3 Å².